The molecule has 1 heterocycles. The Labute approximate surface area is 146 Å². The average Bonchev–Trinajstić information content (AvgIpc) is 2.63. The number of anilines is 1. The van der Waals surface area contributed by atoms with Gasteiger partial charge < -0.3 is 20.1 Å². The number of benzene rings is 1. The van der Waals surface area contributed by atoms with Crippen LogP contribution in [0.1, 0.15) is 17.3 Å². The first-order valence-electron chi connectivity index (χ1n) is 8.25. The van der Waals surface area contributed by atoms with Crippen molar-refractivity contribution in [2.75, 3.05) is 51.3 Å². The second-order valence-electron chi connectivity index (χ2n) is 5.61. The number of piperazine rings is 1. The molecule has 8 nitrogen and oxygen atoms in total. The van der Waals surface area contributed by atoms with Gasteiger partial charge in [-0.05, 0) is 31.2 Å². The summed E-state index contributed by atoms with van der Waals surface area (Å²) < 4.78 is 4.89. The molecule has 0 aromatic heterocycles. The maximum atomic E-state index is 12.2. The van der Waals surface area contributed by atoms with Gasteiger partial charge in [-0.1, -0.05) is 0 Å². The molecule has 2 rings (SSSR count). The van der Waals surface area contributed by atoms with Gasteiger partial charge in [-0.15, -0.1) is 0 Å². The zero-order valence-corrected chi connectivity index (χ0v) is 14.2. The van der Waals surface area contributed by atoms with E-state index in [9.17, 15) is 14.4 Å². The third-order valence-electron chi connectivity index (χ3n) is 3.92. The molecule has 1 aromatic rings. The first kappa shape index (κ1) is 18.9. The van der Waals surface area contributed by atoms with Crippen LogP contribution in [0.25, 0.3) is 0 Å². The molecule has 0 unspecified atom stereocenters. The van der Waals surface area contributed by atoms with Crippen molar-refractivity contribution in [3.05, 3.63) is 29.8 Å². The van der Waals surface area contributed by atoms with Crippen LogP contribution in [0.3, 0.4) is 0 Å². The molecular weight excluding hydrogens is 326 g/mol. The summed E-state index contributed by atoms with van der Waals surface area (Å²) in [5.74, 6) is -1.73. The van der Waals surface area contributed by atoms with Crippen LogP contribution in [-0.4, -0.2) is 78.6 Å². The van der Waals surface area contributed by atoms with Gasteiger partial charge in [0.1, 0.15) is 0 Å². The van der Waals surface area contributed by atoms with E-state index in [0.717, 1.165) is 0 Å². The van der Waals surface area contributed by atoms with Crippen LogP contribution < -0.4 is 5.32 Å². The number of β-amino-alcohol motifs (C(OH)–C–C–N with tert-alkyl or cyclic N) is 1. The van der Waals surface area contributed by atoms with Gasteiger partial charge in [0.05, 0.1) is 18.8 Å². The number of aliphatic hydroxyl groups excluding tert-OH is 1. The molecule has 1 aromatic carbocycles. The first-order valence-corrected chi connectivity index (χ1v) is 8.25. The largest absolute Gasteiger partial charge is 0.462 e. The zero-order chi connectivity index (χ0) is 18.2. The lowest BCUT2D eigenvalue weighted by atomic mass is 10.2. The molecule has 2 amide bonds. The average molecular weight is 349 g/mol. The summed E-state index contributed by atoms with van der Waals surface area (Å²) in [6, 6.07) is 6.17. The van der Waals surface area contributed by atoms with Gasteiger partial charge in [0.2, 0.25) is 0 Å². The fourth-order valence-electron chi connectivity index (χ4n) is 2.55. The second kappa shape index (κ2) is 9.14. The summed E-state index contributed by atoms with van der Waals surface area (Å²) in [6.45, 7) is 4.83. The van der Waals surface area contributed by atoms with Crippen molar-refractivity contribution < 1.29 is 24.2 Å². The minimum Gasteiger partial charge on any atom is -0.462 e. The van der Waals surface area contributed by atoms with E-state index < -0.39 is 17.8 Å². The van der Waals surface area contributed by atoms with Crippen molar-refractivity contribution in [2.45, 2.75) is 6.92 Å². The highest BCUT2D eigenvalue weighted by atomic mass is 16.5. The SMILES string of the molecule is CCOC(=O)c1ccc(NC(=O)C(=O)N2CCN(CCO)CC2)cc1. The van der Waals surface area contributed by atoms with Crippen LogP contribution in [0.5, 0.6) is 0 Å². The Kier molecular flexibility index (Phi) is 6.91. The number of rotatable bonds is 5. The van der Waals surface area contributed by atoms with Crippen LogP contribution in [-0.2, 0) is 14.3 Å². The molecular formula is C17H23N3O5. The number of amides is 2. The minimum atomic E-state index is -0.709. The van der Waals surface area contributed by atoms with Gasteiger partial charge in [0, 0.05) is 38.4 Å². The Morgan fingerprint density at radius 3 is 2.32 bits per heavy atom. The monoisotopic (exact) mass is 349 g/mol. The van der Waals surface area contributed by atoms with Crippen LogP contribution >= 0.6 is 0 Å². The normalized spacial score (nSPS) is 14.9. The van der Waals surface area contributed by atoms with E-state index in [2.05, 4.69) is 5.32 Å². The molecule has 1 saturated heterocycles. The Balaban J connectivity index is 1.87. The molecule has 1 aliphatic rings. The molecule has 0 spiro atoms. The molecule has 0 radical (unpaired) electrons. The topological polar surface area (TPSA) is 99.2 Å². The number of nitrogens with zero attached hydrogens (tertiary/aromatic N) is 2. The van der Waals surface area contributed by atoms with E-state index in [1.165, 1.54) is 17.0 Å². The third-order valence-corrected chi connectivity index (χ3v) is 3.92. The Bertz CT molecular complexity index is 609. The van der Waals surface area contributed by atoms with Gasteiger partial charge in [0.15, 0.2) is 0 Å². The lowest BCUT2D eigenvalue weighted by Gasteiger charge is -2.33. The molecule has 0 bridgehead atoms. The van der Waals surface area contributed by atoms with Crippen molar-refractivity contribution in [1.29, 1.82) is 0 Å². The Morgan fingerprint density at radius 1 is 1.12 bits per heavy atom. The van der Waals surface area contributed by atoms with E-state index in [0.29, 0.717) is 44.0 Å². The summed E-state index contributed by atoms with van der Waals surface area (Å²) in [6.07, 6.45) is 0. The van der Waals surface area contributed by atoms with Gasteiger partial charge in [0.25, 0.3) is 0 Å². The highest BCUT2D eigenvalue weighted by molar-refractivity contribution is 6.39. The maximum Gasteiger partial charge on any atom is 0.338 e. The van der Waals surface area contributed by atoms with Crippen molar-refractivity contribution in [3.8, 4) is 0 Å². The summed E-state index contributed by atoms with van der Waals surface area (Å²) in [5.41, 5.74) is 0.816. The fraction of sp³-hybridized carbons (Fsp3) is 0.471. The van der Waals surface area contributed by atoms with Crippen molar-refractivity contribution >= 4 is 23.5 Å². The Morgan fingerprint density at radius 2 is 1.76 bits per heavy atom. The van der Waals surface area contributed by atoms with E-state index in [1.54, 1.807) is 19.1 Å². The van der Waals surface area contributed by atoms with Crippen LogP contribution in [0.15, 0.2) is 24.3 Å². The molecule has 25 heavy (non-hydrogen) atoms. The first-order chi connectivity index (χ1) is 12.0. The number of carbonyl (C=O) groups is 3. The summed E-state index contributed by atoms with van der Waals surface area (Å²) >= 11 is 0. The molecule has 1 aliphatic heterocycles. The Hall–Kier alpha value is -2.45. The smallest absolute Gasteiger partial charge is 0.338 e. The number of esters is 1. The third kappa shape index (κ3) is 5.27. The minimum absolute atomic E-state index is 0.0796. The fourth-order valence-corrected chi connectivity index (χ4v) is 2.55. The van der Waals surface area contributed by atoms with Gasteiger partial charge in [-0.25, -0.2) is 4.79 Å². The number of aliphatic hydroxyl groups is 1. The number of hydrogen-bond acceptors (Lipinski definition) is 6. The molecule has 136 valence electrons. The van der Waals surface area contributed by atoms with Crippen molar-refractivity contribution in [1.82, 2.24) is 9.80 Å². The lowest BCUT2D eigenvalue weighted by molar-refractivity contribution is -0.144. The highest BCUT2D eigenvalue weighted by Crippen LogP contribution is 2.11. The molecule has 2 N–H and O–H groups in total. The van der Waals surface area contributed by atoms with Crippen LogP contribution in [0.4, 0.5) is 5.69 Å². The van der Waals surface area contributed by atoms with Crippen LogP contribution in [0.2, 0.25) is 0 Å². The number of carbonyl (C=O) groups excluding carboxylic acids is 3. The van der Waals surface area contributed by atoms with Gasteiger partial charge in [-0.2, -0.15) is 0 Å². The second-order valence-corrected chi connectivity index (χ2v) is 5.61. The van der Waals surface area contributed by atoms with E-state index >= 15 is 0 Å². The number of nitrogens with one attached hydrogen (secondary N) is 1. The van der Waals surface area contributed by atoms with Gasteiger partial charge in [-0.3, -0.25) is 14.5 Å². The van der Waals surface area contributed by atoms with Crippen LogP contribution in [0, 0.1) is 0 Å². The zero-order valence-electron chi connectivity index (χ0n) is 14.2. The predicted molar refractivity (Wildman–Crippen MR) is 91.1 cm³/mol. The van der Waals surface area contributed by atoms with E-state index in [4.69, 9.17) is 9.84 Å². The summed E-state index contributed by atoms with van der Waals surface area (Å²) in [4.78, 5) is 39.4. The summed E-state index contributed by atoms with van der Waals surface area (Å²) in [7, 11) is 0. The lowest BCUT2D eigenvalue weighted by Crippen LogP contribution is -2.52. The van der Waals surface area contributed by atoms with Gasteiger partial charge >= 0.3 is 17.8 Å². The standard InChI is InChI=1S/C17H23N3O5/c1-2-25-17(24)13-3-5-14(6-4-13)18-15(22)16(23)20-9-7-19(8-10-20)11-12-21/h3-6,21H,2,7-12H2,1H3,(H,18,22). The molecule has 1 fully saturated rings. The molecule has 0 aliphatic carbocycles. The van der Waals surface area contributed by atoms with Crippen molar-refractivity contribution in [2.24, 2.45) is 0 Å². The highest BCUT2D eigenvalue weighted by Gasteiger charge is 2.25. The summed E-state index contributed by atoms with van der Waals surface area (Å²) in [5, 5.41) is 11.5. The molecule has 0 atom stereocenters. The predicted octanol–water partition coefficient (Wildman–Crippen LogP) is -0.0617. The quantitative estimate of drug-likeness (QED) is 0.571. The number of hydrogen-bond donors (Lipinski definition) is 2. The number of ether oxygens (including phenoxy) is 1. The maximum absolute atomic E-state index is 12.2. The molecule has 8 heteroatoms. The van der Waals surface area contributed by atoms with Crippen molar-refractivity contribution in [3.63, 3.8) is 0 Å². The molecule has 0 saturated carbocycles. The van der Waals surface area contributed by atoms with E-state index in [1.807, 2.05) is 4.90 Å². The van der Waals surface area contributed by atoms with E-state index in [-0.39, 0.29) is 13.2 Å².